The van der Waals surface area contributed by atoms with E-state index in [4.69, 9.17) is 0 Å². The Morgan fingerprint density at radius 3 is 2.68 bits per heavy atom. The lowest BCUT2D eigenvalue weighted by molar-refractivity contribution is 0.535. The van der Waals surface area contributed by atoms with Gasteiger partial charge in [-0.3, -0.25) is 4.98 Å². The molecule has 2 rings (SSSR count). The van der Waals surface area contributed by atoms with E-state index in [2.05, 4.69) is 49.0 Å². The molecule has 2 aromatic rings. The normalized spacial score (nSPS) is 12.6. The minimum absolute atomic E-state index is 0.245. The molecule has 0 aliphatic rings. The predicted molar refractivity (Wildman–Crippen MR) is 80.7 cm³/mol. The molecular formula is C15H21N3S. The van der Waals surface area contributed by atoms with Gasteiger partial charge in [-0.25, -0.2) is 4.98 Å². The largest absolute Gasteiger partial charge is 0.309 e. The zero-order valence-electron chi connectivity index (χ0n) is 12.0. The zero-order valence-corrected chi connectivity index (χ0v) is 12.8. The van der Waals surface area contributed by atoms with Crippen LogP contribution in [0.4, 0.5) is 0 Å². The average molecular weight is 275 g/mol. The Kier molecular flexibility index (Phi) is 4.66. The van der Waals surface area contributed by atoms with E-state index in [0.29, 0.717) is 0 Å². The number of nitrogens with one attached hydrogen (secondary N) is 1. The van der Waals surface area contributed by atoms with E-state index < -0.39 is 0 Å². The number of aromatic nitrogens is 2. The van der Waals surface area contributed by atoms with Crippen LogP contribution in [0.25, 0.3) is 0 Å². The van der Waals surface area contributed by atoms with Gasteiger partial charge < -0.3 is 5.32 Å². The van der Waals surface area contributed by atoms with E-state index in [1.165, 1.54) is 15.4 Å². The summed E-state index contributed by atoms with van der Waals surface area (Å²) >= 11 is 1.79. The summed E-state index contributed by atoms with van der Waals surface area (Å²) in [5.41, 5.74) is 3.50. The van der Waals surface area contributed by atoms with Crippen LogP contribution in [-0.2, 0) is 6.42 Å². The lowest BCUT2D eigenvalue weighted by Gasteiger charge is -2.16. The maximum Gasteiger partial charge on any atom is 0.0950 e. The first kappa shape index (κ1) is 14.2. The van der Waals surface area contributed by atoms with Gasteiger partial charge in [-0.15, -0.1) is 11.3 Å². The van der Waals surface area contributed by atoms with Crippen molar-refractivity contribution < 1.29 is 0 Å². The van der Waals surface area contributed by atoms with E-state index >= 15 is 0 Å². The third-order valence-corrected chi connectivity index (χ3v) is 4.29. The molecule has 0 saturated carbocycles. The van der Waals surface area contributed by atoms with E-state index in [1.807, 2.05) is 12.3 Å². The molecule has 1 atom stereocenters. The fourth-order valence-electron chi connectivity index (χ4n) is 2.08. The third-order valence-electron chi connectivity index (χ3n) is 3.20. The standard InChI is InChI=1S/C15H21N3S/c1-5-16-14(13-8-10(2)6-7-17-13)9-15-18-11(3)12(4)19-15/h6-8,14,16H,5,9H2,1-4H3. The molecule has 1 unspecified atom stereocenters. The zero-order chi connectivity index (χ0) is 13.8. The lowest BCUT2D eigenvalue weighted by Crippen LogP contribution is -2.24. The Morgan fingerprint density at radius 2 is 2.11 bits per heavy atom. The van der Waals surface area contributed by atoms with Crippen molar-refractivity contribution >= 4 is 11.3 Å². The minimum atomic E-state index is 0.245. The van der Waals surface area contributed by atoms with Gasteiger partial charge in [0.15, 0.2) is 0 Å². The second kappa shape index (κ2) is 6.26. The second-order valence-electron chi connectivity index (χ2n) is 4.82. The third kappa shape index (κ3) is 3.61. The number of hydrogen-bond donors (Lipinski definition) is 1. The topological polar surface area (TPSA) is 37.8 Å². The summed E-state index contributed by atoms with van der Waals surface area (Å²) in [5.74, 6) is 0. The van der Waals surface area contributed by atoms with Gasteiger partial charge in [-0.2, -0.15) is 0 Å². The monoisotopic (exact) mass is 275 g/mol. The van der Waals surface area contributed by atoms with Crippen LogP contribution >= 0.6 is 11.3 Å². The van der Waals surface area contributed by atoms with Gasteiger partial charge in [0.05, 0.1) is 22.4 Å². The molecular weight excluding hydrogens is 254 g/mol. The van der Waals surface area contributed by atoms with E-state index in [9.17, 15) is 0 Å². The van der Waals surface area contributed by atoms with Crippen molar-refractivity contribution in [3.63, 3.8) is 0 Å². The number of rotatable bonds is 5. The highest BCUT2D eigenvalue weighted by atomic mass is 32.1. The molecule has 0 aromatic carbocycles. The number of nitrogens with zero attached hydrogens (tertiary/aromatic N) is 2. The molecule has 2 heterocycles. The Labute approximate surface area is 119 Å². The number of aryl methyl sites for hydroxylation is 3. The summed E-state index contributed by atoms with van der Waals surface area (Å²) in [6.07, 6.45) is 2.79. The minimum Gasteiger partial charge on any atom is -0.309 e. The van der Waals surface area contributed by atoms with Gasteiger partial charge in [-0.05, 0) is 45.0 Å². The van der Waals surface area contributed by atoms with Crippen molar-refractivity contribution in [3.05, 3.63) is 45.2 Å². The number of pyridine rings is 1. The van der Waals surface area contributed by atoms with Gasteiger partial charge in [0, 0.05) is 17.5 Å². The number of thiazole rings is 1. The smallest absolute Gasteiger partial charge is 0.0950 e. The molecule has 0 aliphatic heterocycles. The van der Waals surface area contributed by atoms with Crippen LogP contribution in [0.3, 0.4) is 0 Å². The quantitative estimate of drug-likeness (QED) is 0.909. The van der Waals surface area contributed by atoms with Crippen LogP contribution < -0.4 is 5.32 Å². The molecule has 0 fully saturated rings. The first-order chi connectivity index (χ1) is 9.10. The molecule has 4 heteroatoms. The maximum absolute atomic E-state index is 4.63. The molecule has 19 heavy (non-hydrogen) atoms. The molecule has 3 nitrogen and oxygen atoms in total. The van der Waals surface area contributed by atoms with Crippen LogP contribution in [-0.4, -0.2) is 16.5 Å². The summed E-state index contributed by atoms with van der Waals surface area (Å²) < 4.78 is 0. The fraction of sp³-hybridized carbons (Fsp3) is 0.467. The SMILES string of the molecule is CCNC(Cc1nc(C)c(C)s1)c1cc(C)ccn1. The molecule has 0 radical (unpaired) electrons. The van der Waals surface area contributed by atoms with E-state index in [1.54, 1.807) is 11.3 Å². The molecule has 0 spiro atoms. The van der Waals surface area contributed by atoms with E-state index in [0.717, 1.165) is 24.4 Å². The first-order valence-electron chi connectivity index (χ1n) is 6.69. The Hall–Kier alpha value is -1.26. The summed E-state index contributed by atoms with van der Waals surface area (Å²) in [5, 5.41) is 4.69. The van der Waals surface area contributed by atoms with Gasteiger partial charge in [0.1, 0.15) is 0 Å². The van der Waals surface area contributed by atoms with E-state index in [-0.39, 0.29) is 6.04 Å². The molecule has 0 bridgehead atoms. The van der Waals surface area contributed by atoms with Crippen molar-refractivity contribution in [3.8, 4) is 0 Å². The number of likely N-dealkylation sites (N-methyl/N-ethyl adjacent to an activating group) is 1. The van der Waals surface area contributed by atoms with Crippen LogP contribution in [0.2, 0.25) is 0 Å². The van der Waals surface area contributed by atoms with Gasteiger partial charge in [0.25, 0.3) is 0 Å². The first-order valence-corrected chi connectivity index (χ1v) is 7.50. The summed E-state index contributed by atoms with van der Waals surface area (Å²) in [6.45, 7) is 9.36. The van der Waals surface area contributed by atoms with Crippen LogP contribution in [0.15, 0.2) is 18.3 Å². The maximum atomic E-state index is 4.63. The average Bonchev–Trinajstić information content (AvgIpc) is 2.68. The van der Waals surface area contributed by atoms with Crippen molar-refractivity contribution in [2.45, 2.75) is 40.2 Å². The Balaban J connectivity index is 2.20. The summed E-state index contributed by atoms with van der Waals surface area (Å²) in [6, 6.07) is 4.43. The van der Waals surface area contributed by atoms with Crippen molar-refractivity contribution in [2.24, 2.45) is 0 Å². The molecule has 0 saturated heterocycles. The van der Waals surface area contributed by atoms with Crippen LogP contribution in [0, 0.1) is 20.8 Å². The molecule has 0 aliphatic carbocycles. The highest BCUT2D eigenvalue weighted by Gasteiger charge is 2.15. The fourth-order valence-corrected chi connectivity index (χ4v) is 3.06. The highest BCUT2D eigenvalue weighted by Crippen LogP contribution is 2.23. The summed E-state index contributed by atoms with van der Waals surface area (Å²) in [7, 11) is 0. The predicted octanol–water partition coefficient (Wildman–Crippen LogP) is 3.36. The number of hydrogen-bond acceptors (Lipinski definition) is 4. The molecule has 0 amide bonds. The van der Waals surface area contributed by atoms with Gasteiger partial charge in [0.2, 0.25) is 0 Å². The lowest BCUT2D eigenvalue weighted by atomic mass is 10.1. The van der Waals surface area contributed by atoms with Crippen LogP contribution in [0.1, 0.15) is 39.8 Å². The Morgan fingerprint density at radius 1 is 1.32 bits per heavy atom. The van der Waals surface area contributed by atoms with Crippen LogP contribution in [0.5, 0.6) is 0 Å². The highest BCUT2D eigenvalue weighted by molar-refractivity contribution is 7.11. The van der Waals surface area contributed by atoms with Gasteiger partial charge >= 0.3 is 0 Å². The second-order valence-corrected chi connectivity index (χ2v) is 6.11. The van der Waals surface area contributed by atoms with Crippen molar-refractivity contribution in [1.29, 1.82) is 0 Å². The Bertz CT molecular complexity index is 529. The molecule has 1 N–H and O–H groups in total. The molecule has 2 aromatic heterocycles. The van der Waals surface area contributed by atoms with Crippen molar-refractivity contribution in [2.75, 3.05) is 6.54 Å². The van der Waals surface area contributed by atoms with Gasteiger partial charge in [-0.1, -0.05) is 6.92 Å². The van der Waals surface area contributed by atoms with Crippen molar-refractivity contribution in [1.82, 2.24) is 15.3 Å². The summed E-state index contributed by atoms with van der Waals surface area (Å²) in [4.78, 5) is 10.4. The molecule has 102 valence electrons.